The van der Waals surface area contributed by atoms with E-state index < -0.39 is 0 Å². The Labute approximate surface area is 141 Å². The van der Waals surface area contributed by atoms with E-state index >= 15 is 0 Å². The average Bonchev–Trinajstić information content (AvgIpc) is 3.06. The third-order valence-corrected chi connectivity index (χ3v) is 3.64. The van der Waals surface area contributed by atoms with Crippen LogP contribution in [-0.2, 0) is 6.42 Å². The Balaban J connectivity index is 1.55. The molecule has 0 unspecified atom stereocenters. The van der Waals surface area contributed by atoms with Gasteiger partial charge in [0, 0.05) is 12.5 Å². The normalized spacial score (nSPS) is 10.6. The summed E-state index contributed by atoms with van der Waals surface area (Å²) in [5, 5.41) is 7.93. The predicted molar refractivity (Wildman–Crippen MR) is 91.3 cm³/mol. The number of methoxy groups -OCH3 is 1. The van der Waals surface area contributed by atoms with Gasteiger partial charge in [-0.05, 0) is 42.7 Å². The SMILES string of the molecule is COc1ccccc1OCCCc1cccc(-c2nnc(C)o2)c1. The van der Waals surface area contributed by atoms with E-state index in [2.05, 4.69) is 22.3 Å². The van der Waals surface area contributed by atoms with Gasteiger partial charge in [-0.15, -0.1) is 10.2 Å². The lowest BCUT2D eigenvalue weighted by Crippen LogP contribution is -2.01. The lowest BCUT2D eigenvalue weighted by atomic mass is 10.1. The smallest absolute Gasteiger partial charge is 0.247 e. The van der Waals surface area contributed by atoms with Crippen molar-refractivity contribution in [1.29, 1.82) is 0 Å². The molecular weight excluding hydrogens is 304 g/mol. The lowest BCUT2D eigenvalue weighted by molar-refractivity contribution is 0.289. The molecular formula is C19H20N2O3. The van der Waals surface area contributed by atoms with Crippen LogP contribution in [0.15, 0.2) is 52.9 Å². The largest absolute Gasteiger partial charge is 0.493 e. The molecule has 0 atom stereocenters. The van der Waals surface area contributed by atoms with E-state index in [9.17, 15) is 0 Å². The first-order valence-electron chi connectivity index (χ1n) is 7.91. The summed E-state index contributed by atoms with van der Waals surface area (Å²) in [5.41, 5.74) is 2.16. The molecule has 0 aliphatic rings. The second kappa shape index (κ2) is 7.64. The highest BCUT2D eigenvalue weighted by Gasteiger charge is 2.07. The highest BCUT2D eigenvalue weighted by Crippen LogP contribution is 2.26. The number of aryl methyl sites for hydroxylation is 2. The Hall–Kier alpha value is -2.82. The molecule has 0 N–H and O–H groups in total. The van der Waals surface area contributed by atoms with E-state index in [0.29, 0.717) is 18.4 Å². The molecule has 0 bridgehead atoms. The van der Waals surface area contributed by atoms with Crippen molar-refractivity contribution in [3.63, 3.8) is 0 Å². The number of hydrogen-bond acceptors (Lipinski definition) is 5. The zero-order valence-electron chi connectivity index (χ0n) is 13.9. The Bertz CT molecular complexity index is 799. The summed E-state index contributed by atoms with van der Waals surface area (Å²) in [6.45, 7) is 2.42. The first kappa shape index (κ1) is 16.1. The van der Waals surface area contributed by atoms with Crippen LogP contribution in [0.1, 0.15) is 17.9 Å². The molecule has 2 aromatic carbocycles. The van der Waals surface area contributed by atoms with Crippen LogP contribution in [0.4, 0.5) is 0 Å². The van der Waals surface area contributed by atoms with Gasteiger partial charge in [-0.1, -0.05) is 24.3 Å². The fraction of sp³-hybridized carbons (Fsp3) is 0.263. The summed E-state index contributed by atoms with van der Waals surface area (Å²) in [7, 11) is 1.65. The van der Waals surface area contributed by atoms with Crippen LogP contribution in [0.25, 0.3) is 11.5 Å². The van der Waals surface area contributed by atoms with E-state index in [-0.39, 0.29) is 0 Å². The molecule has 24 heavy (non-hydrogen) atoms. The van der Waals surface area contributed by atoms with Crippen LogP contribution < -0.4 is 9.47 Å². The van der Waals surface area contributed by atoms with Gasteiger partial charge in [0.15, 0.2) is 11.5 Å². The van der Waals surface area contributed by atoms with Gasteiger partial charge in [-0.3, -0.25) is 0 Å². The van der Waals surface area contributed by atoms with Gasteiger partial charge in [-0.2, -0.15) is 0 Å². The number of rotatable bonds is 7. The van der Waals surface area contributed by atoms with Crippen molar-refractivity contribution in [2.75, 3.05) is 13.7 Å². The molecule has 5 heteroatoms. The summed E-state index contributed by atoms with van der Waals surface area (Å²) >= 11 is 0. The molecule has 0 spiro atoms. The van der Waals surface area contributed by atoms with E-state index in [4.69, 9.17) is 13.9 Å². The molecule has 3 rings (SSSR count). The summed E-state index contributed by atoms with van der Waals surface area (Å²) in [5.74, 6) is 2.65. The molecule has 1 aromatic heterocycles. The van der Waals surface area contributed by atoms with Gasteiger partial charge in [-0.25, -0.2) is 0 Å². The number of aromatic nitrogens is 2. The van der Waals surface area contributed by atoms with E-state index in [0.717, 1.165) is 29.9 Å². The van der Waals surface area contributed by atoms with Gasteiger partial charge < -0.3 is 13.9 Å². The Morgan fingerprint density at radius 3 is 2.58 bits per heavy atom. The van der Waals surface area contributed by atoms with Crippen LogP contribution in [0.3, 0.4) is 0 Å². The molecule has 124 valence electrons. The zero-order chi connectivity index (χ0) is 16.8. The average molecular weight is 324 g/mol. The predicted octanol–water partition coefficient (Wildman–Crippen LogP) is 4.07. The molecule has 0 aliphatic carbocycles. The lowest BCUT2D eigenvalue weighted by Gasteiger charge is -2.10. The van der Waals surface area contributed by atoms with Crippen molar-refractivity contribution in [1.82, 2.24) is 10.2 Å². The standard InChI is InChI=1S/C19H20N2O3/c1-14-20-21-19(24-14)16-9-5-7-15(13-16)8-6-12-23-18-11-4-3-10-17(18)22-2/h3-5,7,9-11,13H,6,8,12H2,1-2H3. The monoisotopic (exact) mass is 324 g/mol. The Kier molecular flexibility index (Phi) is 5.11. The molecule has 0 saturated heterocycles. The van der Waals surface area contributed by atoms with Crippen LogP contribution in [-0.4, -0.2) is 23.9 Å². The van der Waals surface area contributed by atoms with Crippen LogP contribution in [0.5, 0.6) is 11.5 Å². The molecule has 0 aliphatic heterocycles. The van der Waals surface area contributed by atoms with Gasteiger partial charge in [0.05, 0.1) is 13.7 Å². The van der Waals surface area contributed by atoms with Crippen molar-refractivity contribution in [3.05, 3.63) is 60.0 Å². The Morgan fingerprint density at radius 1 is 1.00 bits per heavy atom. The van der Waals surface area contributed by atoms with Crippen molar-refractivity contribution < 1.29 is 13.9 Å². The number of benzene rings is 2. The summed E-state index contributed by atoms with van der Waals surface area (Å²) in [4.78, 5) is 0. The molecule has 5 nitrogen and oxygen atoms in total. The molecule has 1 heterocycles. The summed E-state index contributed by atoms with van der Waals surface area (Å²) in [6, 6.07) is 15.8. The number of hydrogen-bond donors (Lipinski definition) is 0. The highest BCUT2D eigenvalue weighted by molar-refractivity contribution is 5.53. The molecule has 0 fully saturated rings. The molecule has 0 radical (unpaired) electrons. The minimum Gasteiger partial charge on any atom is -0.493 e. The van der Waals surface area contributed by atoms with E-state index in [1.165, 1.54) is 5.56 Å². The van der Waals surface area contributed by atoms with Gasteiger partial charge in [0.25, 0.3) is 0 Å². The topological polar surface area (TPSA) is 57.4 Å². The highest BCUT2D eigenvalue weighted by atomic mass is 16.5. The second-order valence-corrected chi connectivity index (χ2v) is 5.43. The number of ether oxygens (including phenoxy) is 2. The summed E-state index contributed by atoms with van der Waals surface area (Å²) in [6.07, 6.45) is 1.82. The van der Waals surface area contributed by atoms with Crippen molar-refractivity contribution >= 4 is 0 Å². The first-order valence-corrected chi connectivity index (χ1v) is 7.91. The van der Waals surface area contributed by atoms with E-state index in [1.54, 1.807) is 14.0 Å². The fourth-order valence-corrected chi connectivity index (χ4v) is 2.47. The Morgan fingerprint density at radius 2 is 1.83 bits per heavy atom. The minimum atomic E-state index is 0.555. The van der Waals surface area contributed by atoms with Crippen LogP contribution in [0.2, 0.25) is 0 Å². The first-order chi connectivity index (χ1) is 11.8. The van der Waals surface area contributed by atoms with Gasteiger partial charge in [0.2, 0.25) is 11.8 Å². The number of para-hydroxylation sites is 2. The van der Waals surface area contributed by atoms with E-state index in [1.807, 2.05) is 36.4 Å². The quantitative estimate of drug-likeness (QED) is 0.613. The molecule has 0 saturated carbocycles. The van der Waals surface area contributed by atoms with Gasteiger partial charge in [0.1, 0.15) is 0 Å². The van der Waals surface area contributed by atoms with Gasteiger partial charge >= 0.3 is 0 Å². The van der Waals surface area contributed by atoms with Crippen LogP contribution >= 0.6 is 0 Å². The zero-order valence-corrected chi connectivity index (χ0v) is 13.9. The maximum absolute atomic E-state index is 5.80. The molecule has 0 amide bonds. The fourth-order valence-electron chi connectivity index (χ4n) is 2.47. The third kappa shape index (κ3) is 3.93. The second-order valence-electron chi connectivity index (χ2n) is 5.43. The maximum atomic E-state index is 5.80. The third-order valence-electron chi connectivity index (χ3n) is 3.64. The van der Waals surface area contributed by atoms with Crippen molar-refractivity contribution in [2.45, 2.75) is 19.8 Å². The van der Waals surface area contributed by atoms with Crippen molar-refractivity contribution in [3.8, 4) is 23.0 Å². The molecule has 3 aromatic rings. The van der Waals surface area contributed by atoms with Crippen molar-refractivity contribution in [2.24, 2.45) is 0 Å². The maximum Gasteiger partial charge on any atom is 0.247 e. The van der Waals surface area contributed by atoms with Crippen LogP contribution in [0, 0.1) is 6.92 Å². The minimum absolute atomic E-state index is 0.555. The number of nitrogens with zero attached hydrogens (tertiary/aromatic N) is 2. The summed E-state index contributed by atoms with van der Waals surface area (Å²) < 4.78 is 16.6.